The highest BCUT2D eigenvalue weighted by atomic mass is 16.5. The number of likely N-dealkylation sites (tertiary alicyclic amines) is 1. The van der Waals surface area contributed by atoms with Crippen molar-refractivity contribution in [3.05, 3.63) is 0 Å². The number of carbonyl (C=O) groups is 3. The lowest BCUT2D eigenvalue weighted by Gasteiger charge is -2.23. The van der Waals surface area contributed by atoms with Crippen molar-refractivity contribution >= 4 is 17.8 Å². The minimum Gasteiger partial charge on any atom is -0.481 e. The van der Waals surface area contributed by atoms with Crippen molar-refractivity contribution in [1.29, 1.82) is 0 Å². The molecule has 0 aromatic heterocycles. The zero-order valence-corrected chi connectivity index (χ0v) is 13.6. The maximum absolute atomic E-state index is 12.1. The van der Waals surface area contributed by atoms with Crippen LogP contribution >= 0.6 is 0 Å². The molecule has 1 atom stereocenters. The third kappa shape index (κ3) is 4.98. The molecule has 1 aliphatic rings. The summed E-state index contributed by atoms with van der Waals surface area (Å²) >= 11 is 0. The topological polar surface area (TPSA) is 95.9 Å². The molecule has 0 spiro atoms. The number of ether oxygens (including phenoxy) is 1. The second-order valence-corrected chi connectivity index (χ2v) is 6.29. The molecule has 0 bridgehead atoms. The van der Waals surface area contributed by atoms with Crippen LogP contribution in [-0.4, -0.2) is 61.1 Å². The van der Waals surface area contributed by atoms with Crippen LogP contribution in [0.2, 0.25) is 0 Å². The summed E-state index contributed by atoms with van der Waals surface area (Å²) in [6.45, 7) is 4.55. The van der Waals surface area contributed by atoms with Gasteiger partial charge in [0.15, 0.2) is 0 Å². The fourth-order valence-corrected chi connectivity index (χ4v) is 2.51. The zero-order chi connectivity index (χ0) is 16.8. The van der Waals surface area contributed by atoms with E-state index >= 15 is 0 Å². The van der Waals surface area contributed by atoms with Crippen LogP contribution in [0.3, 0.4) is 0 Å². The van der Waals surface area contributed by atoms with Gasteiger partial charge >= 0.3 is 5.97 Å². The number of nitrogens with zero attached hydrogens (tertiary/aromatic N) is 1. The summed E-state index contributed by atoms with van der Waals surface area (Å²) in [7, 11) is 1.45. The van der Waals surface area contributed by atoms with Gasteiger partial charge in [0.1, 0.15) is 5.41 Å². The first kappa shape index (κ1) is 18.4. The summed E-state index contributed by atoms with van der Waals surface area (Å²) in [5.74, 6) is -0.921. The van der Waals surface area contributed by atoms with Gasteiger partial charge in [-0.15, -0.1) is 0 Å². The predicted octanol–water partition coefficient (Wildman–Crippen LogP) is 0.489. The number of carboxylic acids is 1. The molecule has 7 heteroatoms. The van der Waals surface area contributed by atoms with Gasteiger partial charge in [0.25, 0.3) is 0 Å². The molecule has 1 saturated heterocycles. The Balaban J connectivity index is 2.44. The van der Waals surface area contributed by atoms with E-state index in [2.05, 4.69) is 5.32 Å². The Morgan fingerprint density at radius 3 is 2.59 bits per heavy atom. The molecule has 0 aromatic rings. The number of carboxylic acid groups (broad SMARTS) is 1. The van der Waals surface area contributed by atoms with Crippen LogP contribution in [-0.2, 0) is 19.1 Å². The van der Waals surface area contributed by atoms with Crippen molar-refractivity contribution in [2.75, 3.05) is 33.4 Å². The quantitative estimate of drug-likeness (QED) is 0.680. The summed E-state index contributed by atoms with van der Waals surface area (Å²) in [5, 5.41) is 11.9. The molecule has 2 amide bonds. The highest BCUT2D eigenvalue weighted by Crippen LogP contribution is 2.31. The van der Waals surface area contributed by atoms with E-state index in [1.54, 1.807) is 0 Å². The van der Waals surface area contributed by atoms with Crippen molar-refractivity contribution < 1.29 is 24.2 Å². The second kappa shape index (κ2) is 8.12. The highest BCUT2D eigenvalue weighted by Gasteiger charge is 2.46. The molecular weight excluding hydrogens is 288 g/mol. The van der Waals surface area contributed by atoms with E-state index in [1.165, 1.54) is 12.0 Å². The minimum atomic E-state index is -1.04. The summed E-state index contributed by atoms with van der Waals surface area (Å²) in [4.78, 5) is 36.6. The SMILES string of the molecule is COCC1(C(=O)O)CCN(C(=O)CNC(=O)CCC(C)C)C1. The van der Waals surface area contributed by atoms with Gasteiger partial charge in [-0.05, 0) is 18.8 Å². The molecule has 0 radical (unpaired) electrons. The van der Waals surface area contributed by atoms with E-state index in [0.717, 1.165) is 6.42 Å². The van der Waals surface area contributed by atoms with E-state index in [4.69, 9.17) is 4.74 Å². The van der Waals surface area contributed by atoms with Crippen molar-refractivity contribution in [3.8, 4) is 0 Å². The molecule has 126 valence electrons. The van der Waals surface area contributed by atoms with Gasteiger partial charge in [-0.3, -0.25) is 14.4 Å². The Kier molecular flexibility index (Phi) is 6.80. The van der Waals surface area contributed by atoms with E-state index in [-0.39, 0.29) is 31.5 Å². The number of carbonyl (C=O) groups excluding carboxylic acids is 2. The summed E-state index contributed by atoms with van der Waals surface area (Å²) < 4.78 is 4.98. The van der Waals surface area contributed by atoms with E-state index < -0.39 is 11.4 Å². The second-order valence-electron chi connectivity index (χ2n) is 6.29. The Bertz CT molecular complexity index is 424. The summed E-state index contributed by atoms with van der Waals surface area (Å²) in [6, 6.07) is 0. The molecule has 0 saturated carbocycles. The highest BCUT2D eigenvalue weighted by molar-refractivity contribution is 5.86. The standard InChI is InChI=1S/C15H26N2O5/c1-11(2)4-5-12(18)16-8-13(19)17-7-6-15(9-17,10-22-3)14(20)21/h11H,4-10H2,1-3H3,(H,16,18)(H,20,21). The first-order valence-electron chi connectivity index (χ1n) is 7.57. The predicted molar refractivity (Wildman–Crippen MR) is 80.2 cm³/mol. The van der Waals surface area contributed by atoms with Crippen LogP contribution in [0.15, 0.2) is 0 Å². The molecule has 1 unspecified atom stereocenters. The normalized spacial score (nSPS) is 21.2. The lowest BCUT2D eigenvalue weighted by atomic mass is 9.88. The van der Waals surface area contributed by atoms with Crippen molar-refractivity contribution in [2.45, 2.75) is 33.1 Å². The van der Waals surface area contributed by atoms with Gasteiger partial charge < -0.3 is 20.1 Å². The molecule has 7 nitrogen and oxygen atoms in total. The van der Waals surface area contributed by atoms with Gasteiger partial charge in [-0.2, -0.15) is 0 Å². The average Bonchev–Trinajstić information content (AvgIpc) is 2.88. The van der Waals surface area contributed by atoms with Crippen molar-refractivity contribution in [1.82, 2.24) is 10.2 Å². The first-order chi connectivity index (χ1) is 10.3. The Hall–Kier alpha value is -1.63. The van der Waals surface area contributed by atoms with Gasteiger partial charge in [-0.25, -0.2) is 0 Å². The Morgan fingerprint density at radius 2 is 2.05 bits per heavy atom. The fourth-order valence-electron chi connectivity index (χ4n) is 2.51. The van der Waals surface area contributed by atoms with E-state index in [9.17, 15) is 19.5 Å². The Labute approximate surface area is 131 Å². The molecule has 0 aromatic carbocycles. The largest absolute Gasteiger partial charge is 0.481 e. The zero-order valence-electron chi connectivity index (χ0n) is 13.6. The maximum atomic E-state index is 12.1. The van der Waals surface area contributed by atoms with Crippen LogP contribution in [0.25, 0.3) is 0 Å². The van der Waals surface area contributed by atoms with Gasteiger partial charge in [0.05, 0.1) is 13.2 Å². The molecule has 0 aliphatic carbocycles. The molecule has 1 rings (SSSR count). The molecule has 1 heterocycles. The van der Waals surface area contributed by atoms with Crippen molar-refractivity contribution in [3.63, 3.8) is 0 Å². The number of rotatable bonds is 8. The third-order valence-corrected chi connectivity index (χ3v) is 3.97. The minimum absolute atomic E-state index is 0.0763. The molecule has 22 heavy (non-hydrogen) atoms. The van der Waals surface area contributed by atoms with Crippen LogP contribution in [0.4, 0.5) is 0 Å². The van der Waals surface area contributed by atoms with Gasteiger partial charge in [0, 0.05) is 26.6 Å². The molecular formula is C15H26N2O5. The number of hydrogen-bond acceptors (Lipinski definition) is 4. The first-order valence-corrected chi connectivity index (χ1v) is 7.57. The number of nitrogens with one attached hydrogen (secondary N) is 1. The van der Waals surface area contributed by atoms with Crippen LogP contribution in [0.1, 0.15) is 33.1 Å². The third-order valence-electron chi connectivity index (χ3n) is 3.97. The smallest absolute Gasteiger partial charge is 0.313 e. The van der Waals surface area contributed by atoms with Crippen LogP contribution in [0, 0.1) is 11.3 Å². The fraction of sp³-hybridized carbons (Fsp3) is 0.800. The van der Waals surface area contributed by atoms with Crippen LogP contribution < -0.4 is 5.32 Å². The molecule has 1 aliphatic heterocycles. The maximum Gasteiger partial charge on any atom is 0.313 e. The van der Waals surface area contributed by atoms with Crippen LogP contribution in [0.5, 0.6) is 0 Å². The molecule has 1 fully saturated rings. The number of hydrogen-bond donors (Lipinski definition) is 2. The van der Waals surface area contributed by atoms with E-state index in [1.807, 2.05) is 13.8 Å². The number of aliphatic carboxylic acids is 1. The lowest BCUT2D eigenvalue weighted by Crippen LogP contribution is -2.43. The van der Waals surface area contributed by atoms with Gasteiger partial charge in [0.2, 0.25) is 11.8 Å². The average molecular weight is 314 g/mol. The van der Waals surface area contributed by atoms with Crippen molar-refractivity contribution in [2.24, 2.45) is 11.3 Å². The summed E-state index contributed by atoms with van der Waals surface area (Å²) in [6.07, 6.45) is 1.54. The molecule has 2 N–H and O–H groups in total. The number of methoxy groups -OCH3 is 1. The Morgan fingerprint density at radius 1 is 1.36 bits per heavy atom. The van der Waals surface area contributed by atoms with E-state index in [0.29, 0.717) is 25.3 Å². The summed E-state index contributed by atoms with van der Waals surface area (Å²) in [5.41, 5.74) is -1.04. The monoisotopic (exact) mass is 314 g/mol. The van der Waals surface area contributed by atoms with Gasteiger partial charge in [-0.1, -0.05) is 13.8 Å². The number of amides is 2. The lowest BCUT2D eigenvalue weighted by molar-refractivity contribution is -0.151.